The topological polar surface area (TPSA) is 99.7 Å². The van der Waals surface area contributed by atoms with E-state index in [1.807, 2.05) is 5.43 Å². The summed E-state index contributed by atoms with van der Waals surface area (Å²) in [7, 11) is 0. The molecule has 2 rings (SSSR count). The molecule has 0 saturated heterocycles. The van der Waals surface area contributed by atoms with Gasteiger partial charge in [0.25, 0.3) is 11.6 Å². The largest absolute Gasteiger partial charge is 0.359 e. The van der Waals surface area contributed by atoms with E-state index < -0.39 is 11.6 Å². The number of halogens is 2. The zero-order chi connectivity index (χ0) is 12.6. The van der Waals surface area contributed by atoms with E-state index in [1.54, 1.807) is 0 Å². The predicted octanol–water partition coefficient (Wildman–Crippen LogP) is 0.800. The Kier molecular flexibility index (Phi) is 2.96. The fourth-order valence-corrected chi connectivity index (χ4v) is 1.69. The van der Waals surface area contributed by atoms with Crippen molar-refractivity contribution in [3.63, 3.8) is 0 Å². The van der Waals surface area contributed by atoms with Gasteiger partial charge in [0.15, 0.2) is 0 Å². The van der Waals surface area contributed by atoms with Gasteiger partial charge in [-0.3, -0.25) is 15.2 Å². The maximum atomic E-state index is 11.4. The summed E-state index contributed by atoms with van der Waals surface area (Å²) in [6.07, 6.45) is 1.03. The third-order valence-electron chi connectivity index (χ3n) is 2.23. The summed E-state index contributed by atoms with van der Waals surface area (Å²) in [5, 5.41) is 13.1. The number of benzene rings is 1. The van der Waals surface area contributed by atoms with E-state index in [1.165, 1.54) is 12.1 Å². The number of nitrogens with two attached hydrogens (primary N) is 1. The number of hydrazine groups is 1. The van der Waals surface area contributed by atoms with Gasteiger partial charge in [0.1, 0.15) is 0 Å². The molecule has 5 N–H and O–H groups in total. The highest BCUT2D eigenvalue weighted by Gasteiger charge is 2.37. The molecule has 1 aromatic rings. The van der Waals surface area contributed by atoms with Crippen molar-refractivity contribution in [3.8, 4) is 0 Å². The Balaban J connectivity index is 2.43. The third-order valence-corrected chi connectivity index (χ3v) is 2.95. The molecule has 1 atom stereocenters. The van der Waals surface area contributed by atoms with Gasteiger partial charge in [-0.15, -0.1) is 0 Å². The first-order chi connectivity index (χ1) is 7.96. The lowest BCUT2D eigenvalue weighted by molar-refractivity contribution is -0.131. The molecule has 0 spiro atoms. The summed E-state index contributed by atoms with van der Waals surface area (Å²) in [5.74, 6) is 4.12. The lowest BCUT2D eigenvalue weighted by Gasteiger charge is -2.28. The van der Waals surface area contributed by atoms with Gasteiger partial charge in [0, 0.05) is 0 Å². The smallest absolute Gasteiger partial charge is 0.293 e. The van der Waals surface area contributed by atoms with E-state index in [2.05, 4.69) is 10.3 Å². The number of anilines is 1. The standard InChI is InChI=1S/C9H8Cl2N4O2/c10-4-1-6-7(2-5(4)11)14-9(17,3-13-6)8(16)15-12/h1-3,14,17H,12H2,(H,15,16). The van der Waals surface area contributed by atoms with E-state index >= 15 is 0 Å². The summed E-state index contributed by atoms with van der Waals surface area (Å²) >= 11 is 11.6. The number of nitrogens with zero attached hydrogens (tertiary/aromatic N) is 1. The van der Waals surface area contributed by atoms with Crippen LogP contribution in [-0.4, -0.2) is 23.0 Å². The Hall–Kier alpha value is -1.34. The van der Waals surface area contributed by atoms with Crippen LogP contribution in [0, 0.1) is 0 Å². The number of rotatable bonds is 1. The monoisotopic (exact) mass is 274 g/mol. The molecule has 1 aromatic carbocycles. The number of hydrogen-bond acceptors (Lipinski definition) is 5. The van der Waals surface area contributed by atoms with Gasteiger partial charge in [-0.05, 0) is 12.1 Å². The van der Waals surface area contributed by atoms with Gasteiger partial charge in [-0.25, -0.2) is 5.84 Å². The van der Waals surface area contributed by atoms with E-state index in [-0.39, 0.29) is 5.02 Å². The first kappa shape index (κ1) is 12.1. The van der Waals surface area contributed by atoms with Crippen LogP contribution in [0.3, 0.4) is 0 Å². The quantitative estimate of drug-likeness (QED) is 0.346. The van der Waals surface area contributed by atoms with Crippen LogP contribution in [-0.2, 0) is 4.79 Å². The van der Waals surface area contributed by atoms with Crippen LogP contribution in [0.2, 0.25) is 10.0 Å². The van der Waals surface area contributed by atoms with E-state index in [0.29, 0.717) is 16.4 Å². The molecule has 90 valence electrons. The highest BCUT2D eigenvalue weighted by Crippen LogP contribution is 2.37. The molecule has 0 radical (unpaired) electrons. The van der Waals surface area contributed by atoms with Crippen LogP contribution >= 0.6 is 23.2 Å². The van der Waals surface area contributed by atoms with Crippen molar-refractivity contribution in [2.75, 3.05) is 5.32 Å². The molecule has 1 aliphatic rings. The average Bonchev–Trinajstić information content (AvgIpc) is 2.30. The van der Waals surface area contributed by atoms with Crippen molar-refractivity contribution in [2.45, 2.75) is 5.72 Å². The second-order valence-corrected chi connectivity index (χ2v) is 4.22. The fraction of sp³-hybridized carbons (Fsp3) is 0.111. The Morgan fingerprint density at radius 3 is 2.76 bits per heavy atom. The third kappa shape index (κ3) is 2.07. The van der Waals surface area contributed by atoms with E-state index in [0.717, 1.165) is 6.21 Å². The molecule has 17 heavy (non-hydrogen) atoms. The summed E-state index contributed by atoms with van der Waals surface area (Å²) in [6, 6.07) is 2.98. The maximum absolute atomic E-state index is 11.4. The second kappa shape index (κ2) is 4.15. The van der Waals surface area contributed by atoms with Crippen molar-refractivity contribution < 1.29 is 9.90 Å². The minimum Gasteiger partial charge on any atom is -0.359 e. The first-order valence-electron chi connectivity index (χ1n) is 4.52. The number of aliphatic imine (C=N–C) groups is 1. The summed E-state index contributed by atoms with van der Waals surface area (Å²) < 4.78 is 0. The molecule has 1 unspecified atom stereocenters. The van der Waals surface area contributed by atoms with Gasteiger partial charge in [0.2, 0.25) is 0 Å². The lowest BCUT2D eigenvalue weighted by atomic mass is 10.1. The Morgan fingerprint density at radius 2 is 2.12 bits per heavy atom. The number of hydrogen-bond donors (Lipinski definition) is 4. The normalized spacial score (nSPS) is 21.6. The number of nitrogens with one attached hydrogen (secondary N) is 2. The zero-order valence-corrected chi connectivity index (χ0v) is 9.88. The van der Waals surface area contributed by atoms with Gasteiger partial charge in [-0.2, -0.15) is 0 Å². The summed E-state index contributed by atoms with van der Waals surface area (Å²) in [4.78, 5) is 15.3. The minimum absolute atomic E-state index is 0.283. The average molecular weight is 275 g/mol. The molecular formula is C9H8Cl2N4O2. The SMILES string of the molecule is NNC(=O)C1(O)C=Nc2cc(Cl)c(Cl)cc2N1. The van der Waals surface area contributed by atoms with Crippen molar-refractivity contribution in [3.05, 3.63) is 22.2 Å². The first-order valence-corrected chi connectivity index (χ1v) is 5.28. The van der Waals surface area contributed by atoms with Crippen LogP contribution in [0.5, 0.6) is 0 Å². The van der Waals surface area contributed by atoms with Crippen molar-refractivity contribution >= 4 is 46.7 Å². The Morgan fingerprint density at radius 1 is 1.47 bits per heavy atom. The molecule has 0 aliphatic carbocycles. The van der Waals surface area contributed by atoms with Crippen molar-refractivity contribution in [1.29, 1.82) is 0 Å². The molecule has 0 fully saturated rings. The van der Waals surface area contributed by atoms with Crippen LogP contribution in [0.1, 0.15) is 0 Å². The van der Waals surface area contributed by atoms with Crippen LogP contribution in [0.4, 0.5) is 11.4 Å². The number of aliphatic hydroxyl groups is 1. The molecular weight excluding hydrogens is 267 g/mol. The van der Waals surface area contributed by atoms with Crippen molar-refractivity contribution in [2.24, 2.45) is 10.8 Å². The predicted molar refractivity (Wildman–Crippen MR) is 65.5 cm³/mol. The van der Waals surface area contributed by atoms with Crippen LogP contribution < -0.4 is 16.6 Å². The molecule has 0 aromatic heterocycles. The van der Waals surface area contributed by atoms with E-state index in [4.69, 9.17) is 29.0 Å². The number of carbonyl (C=O) groups excluding carboxylic acids is 1. The highest BCUT2D eigenvalue weighted by molar-refractivity contribution is 6.42. The van der Waals surface area contributed by atoms with Crippen LogP contribution in [0.15, 0.2) is 17.1 Å². The molecule has 6 nitrogen and oxygen atoms in total. The van der Waals surface area contributed by atoms with Gasteiger partial charge < -0.3 is 10.4 Å². The van der Waals surface area contributed by atoms with E-state index in [9.17, 15) is 9.90 Å². The summed E-state index contributed by atoms with van der Waals surface area (Å²) in [5.41, 5.74) is 0.678. The van der Waals surface area contributed by atoms with Gasteiger partial charge in [0.05, 0.1) is 27.6 Å². The van der Waals surface area contributed by atoms with Crippen LogP contribution in [0.25, 0.3) is 0 Å². The van der Waals surface area contributed by atoms with Gasteiger partial charge in [-0.1, -0.05) is 23.2 Å². The molecule has 0 saturated carbocycles. The molecule has 0 bridgehead atoms. The lowest BCUT2D eigenvalue weighted by Crippen LogP contribution is -2.56. The number of amides is 1. The molecule has 1 heterocycles. The van der Waals surface area contributed by atoms with Crippen molar-refractivity contribution in [1.82, 2.24) is 5.43 Å². The zero-order valence-electron chi connectivity index (χ0n) is 8.37. The molecule has 1 aliphatic heterocycles. The number of carbonyl (C=O) groups is 1. The highest BCUT2D eigenvalue weighted by atomic mass is 35.5. The second-order valence-electron chi connectivity index (χ2n) is 3.41. The maximum Gasteiger partial charge on any atom is 0.293 e. The molecule has 1 amide bonds. The fourth-order valence-electron chi connectivity index (χ4n) is 1.37. The summed E-state index contributed by atoms with van der Waals surface area (Å²) in [6.45, 7) is 0. The Labute approximate surface area is 106 Å². The Bertz CT molecular complexity index is 520. The molecule has 8 heteroatoms. The number of fused-ring (bicyclic) bond motifs is 1. The minimum atomic E-state index is -2.00. The van der Waals surface area contributed by atoms with Gasteiger partial charge >= 0.3 is 0 Å².